The highest BCUT2D eigenvalue weighted by atomic mass is 16.5. The normalized spacial score (nSPS) is 20.1. The molecule has 142 valence electrons. The molecule has 1 fully saturated rings. The number of rotatable bonds is 3. The van der Waals surface area contributed by atoms with E-state index in [-0.39, 0.29) is 5.91 Å². The fraction of sp³-hybridized carbons (Fsp3) is 0.318. The van der Waals surface area contributed by atoms with Crippen molar-refractivity contribution in [3.8, 4) is 17.0 Å². The van der Waals surface area contributed by atoms with Crippen LogP contribution in [-0.4, -0.2) is 45.8 Å². The van der Waals surface area contributed by atoms with Gasteiger partial charge in [-0.05, 0) is 36.6 Å². The molecule has 1 amide bonds. The molecule has 1 saturated heterocycles. The Labute approximate surface area is 163 Å². The van der Waals surface area contributed by atoms with Crippen LogP contribution in [0.5, 0.6) is 5.75 Å². The predicted molar refractivity (Wildman–Crippen MR) is 105 cm³/mol. The summed E-state index contributed by atoms with van der Waals surface area (Å²) >= 11 is 0. The van der Waals surface area contributed by atoms with Crippen LogP contribution in [0.25, 0.3) is 11.3 Å². The van der Waals surface area contributed by atoms with Crippen LogP contribution in [0.1, 0.15) is 27.5 Å². The maximum Gasteiger partial charge on any atom is 0.255 e. The van der Waals surface area contributed by atoms with Crippen LogP contribution in [0.15, 0.2) is 48.8 Å². The summed E-state index contributed by atoms with van der Waals surface area (Å²) in [6.07, 6.45) is 4.30. The average Bonchev–Trinajstić information content (AvgIpc) is 3.39. The summed E-state index contributed by atoms with van der Waals surface area (Å²) in [5.41, 5.74) is 5.32. The molecule has 1 aromatic carbocycles. The van der Waals surface area contributed by atoms with Gasteiger partial charge in [0, 0.05) is 55.3 Å². The van der Waals surface area contributed by atoms with E-state index in [1.54, 1.807) is 19.5 Å². The molecule has 0 N–H and O–H groups in total. The molecule has 6 nitrogen and oxygen atoms in total. The number of hydrogen-bond donors (Lipinski definition) is 0. The number of pyridine rings is 1. The summed E-state index contributed by atoms with van der Waals surface area (Å²) in [4.78, 5) is 18.9. The Morgan fingerprint density at radius 2 is 2.11 bits per heavy atom. The Morgan fingerprint density at radius 1 is 1.21 bits per heavy atom. The van der Waals surface area contributed by atoms with Gasteiger partial charge in [-0.2, -0.15) is 5.10 Å². The zero-order valence-corrected chi connectivity index (χ0v) is 16.0. The molecule has 0 radical (unpaired) electrons. The van der Waals surface area contributed by atoms with E-state index in [2.05, 4.69) is 11.1 Å². The fourth-order valence-electron chi connectivity index (χ4n) is 4.68. The van der Waals surface area contributed by atoms with Crippen LogP contribution in [0.3, 0.4) is 0 Å². The van der Waals surface area contributed by atoms with Gasteiger partial charge in [0.1, 0.15) is 5.75 Å². The second kappa shape index (κ2) is 6.48. The molecule has 28 heavy (non-hydrogen) atoms. The number of hydrogen-bond acceptors (Lipinski definition) is 4. The van der Waals surface area contributed by atoms with Crippen molar-refractivity contribution < 1.29 is 9.53 Å². The number of nitrogens with zero attached hydrogens (tertiary/aromatic N) is 4. The van der Waals surface area contributed by atoms with Crippen LogP contribution in [0, 0.1) is 5.92 Å². The summed E-state index contributed by atoms with van der Waals surface area (Å²) in [7, 11) is 3.69. The Morgan fingerprint density at radius 3 is 2.89 bits per heavy atom. The number of benzene rings is 1. The molecule has 5 rings (SSSR count). The van der Waals surface area contributed by atoms with E-state index in [1.807, 2.05) is 47.0 Å². The van der Waals surface area contributed by atoms with E-state index in [4.69, 9.17) is 9.84 Å². The minimum absolute atomic E-state index is 0.0656. The molecule has 6 heteroatoms. The first-order valence-corrected chi connectivity index (χ1v) is 9.55. The van der Waals surface area contributed by atoms with Crippen molar-refractivity contribution in [1.29, 1.82) is 0 Å². The van der Waals surface area contributed by atoms with Crippen molar-refractivity contribution >= 4 is 5.91 Å². The van der Waals surface area contributed by atoms with Crippen LogP contribution >= 0.6 is 0 Å². The number of fused-ring (bicyclic) bond motifs is 3. The van der Waals surface area contributed by atoms with Gasteiger partial charge >= 0.3 is 0 Å². The van der Waals surface area contributed by atoms with Crippen molar-refractivity contribution in [3.05, 3.63) is 65.6 Å². The van der Waals surface area contributed by atoms with Gasteiger partial charge in [-0.1, -0.05) is 12.1 Å². The molecule has 0 saturated carbocycles. The molecule has 1 aliphatic heterocycles. The van der Waals surface area contributed by atoms with E-state index < -0.39 is 0 Å². The standard InChI is InChI=1S/C22H22N4O2/c1-25-19-10-16-12-26(22(27)15-6-4-8-23-11-15)13-18(16)20(19)21(24-25)14-5-3-7-17(9-14)28-2/h3-9,11,16,18H,10,12-13H2,1-2H3/t16-,18+/m0/s1. The Balaban J connectivity index is 1.48. The molecule has 3 heterocycles. The third kappa shape index (κ3) is 2.59. The molecule has 2 aromatic heterocycles. The van der Waals surface area contributed by atoms with Crippen LogP contribution in [0.2, 0.25) is 0 Å². The van der Waals surface area contributed by atoms with Crippen molar-refractivity contribution in [2.75, 3.05) is 20.2 Å². The molecular formula is C22H22N4O2. The number of amides is 1. The number of carbonyl (C=O) groups excluding carboxylic acids is 1. The van der Waals surface area contributed by atoms with Gasteiger partial charge in [0.05, 0.1) is 18.4 Å². The first kappa shape index (κ1) is 17.0. The van der Waals surface area contributed by atoms with Crippen molar-refractivity contribution in [3.63, 3.8) is 0 Å². The van der Waals surface area contributed by atoms with Crippen molar-refractivity contribution in [1.82, 2.24) is 19.7 Å². The SMILES string of the molecule is COc1cccc(-c2nn(C)c3c2[C@@H]2CN(C(=O)c4cccnc4)C[C@@H]2C3)c1. The minimum Gasteiger partial charge on any atom is -0.497 e. The molecule has 0 spiro atoms. The van der Waals surface area contributed by atoms with E-state index in [1.165, 1.54) is 11.3 Å². The third-order valence-electron chi connectivity index (χ3n) is 6.01. The molecule has 2 atom stereocenters. The fourth-order valence-corrected chi connectivity index (χ4v) is 4.68. The van der Waals surface area contributed by atoms with Gasteiger partial charge in [0.2, 0.25) is 0 Å². The Hall–Kier alpha value is -3.15. The molecular weight excluding hydrogens is 352 g/mol. The number of ether oxygens (including phenoxy) is 1. The second-order valence-electron chi connectivity index (χ2n) is 7.59. The maximum absolute atomic E-state index is 12.9. The molecule has 0 unspecified atom stereocenters. The van der Waals surface area contributed by atoms with E-state index in [0.29, 0.717) is 17.4 Å². The van der Waals surface area contributed by atoms with Crippen molar-refractivity contribution in [2.24, 2.45) is 13.0 Å². The summed E-state index contributed by atoms with van der Waals surface area (Å²) in [6, 6.07) is 11.7. The smallest absolute Gasteiger partial charge is 0.255 e. The Kier molecular flexibility index (Phi) is 3.93. The molecule has 3 aromatic rings. The van der Waals surface area contributed by atoms with Gasteiger partial charge in [-0.25, -0.2) is 0 Å². The van der Waals surface area contributed by atoms with Gasteiger partial charge in [-0.3, -0.25) is 14.5 Å². The largest absolute Gasteiger partial charge is 0.497 e. The van der Waals surface area contributed by atoms with Crippen molar-refractivity contribution in [2.45, 2.75) is 12.3 Å². The number of carbonyl (C=O) groups is 1. The Bertz CT molecular complexity index is 1040. The maximum atomic E-state index is 12.9. The van der Waals surface area contributed by atoms with Gasteiger partial charge in [0.25, 0.3) is 5.91 Å². The number of aryl methyl sites for hydroxylation is 1. The zero-order valence-electron chi connectivity index (χ0n) is 16.0. The van der Waals surface area contributed by atoms with Gasteiger partial charge in [0.15, 0.2) is 0 Å². The van der Waals surface area contributed by atoms with Crippen LogP contribution in [0.4, 0.5) is 0 Å². The van der Waals surface area contributed by atoms with E-state index >= 15 is 0 Å². The quantitative estimate of drug-likeness (QED) is 0.707. The number of methoxy groups -OCH3 is 1. The predicted octanol–water partition coefficient (Wildman–Crippen LogP) is 2.90. The lowest BCUT2D eigenvalue weighted by Gasteiger charge is -2.17. The third-order valence-corrected chi connectivity index (χ3v) is 6.01. The van der Waals surface area contributed by atoms with Gasteiger partial charge < -0.3 is 9.64 Å². The summed E-state index contributed by atoms with van der Waals surface area (Å²) < 4.78 is 7.40. The first-order valence-electron chi connectivity index (χ1n) is 9.55. The highest BCUT2D eigenvalue weighted by Crippen LogP contribution is 2.47. The zero-order chi connectivity index (χ0) is 19.3. The van der Waals surface area contributed by atoms with Gasteiger partial charge in [-0.15, -0.1) is 0 Å². The molecule has 1 aliphatic carbocycles. The molecule has 0 bridgehead atoms. The van der Waals surface area contributed by atoms with E-state index in [0.717, 1.165) is 36.5 Å². The number of likely N-dealkylation sites (tertiary alicyclic amines) is 1. The highest BCUT2D eigenvalue weighted by molar-refractivity contribution is 5.94. The van der Waals surface area contributed by atoms with Crippen LogP contribution < -0.4 is 4.74 Å². The lowest BCUT2D eigenvalue weighted by molar-refractivity contribution is 0.0784. The topological polar surface area (TPSA) is 60.2 Å². The summed E-state index contributed by atoms with van der Waals surface area (Å²) in [6.45, 7) is 1.51. The summed E-state index contributed by atoms with van der Waals surface area (Å²) in [5.74, 6) is 1.66. The minimum atomic E-state index is 0.0656. The highest BCUT2D eigenvalue weighted by Gasteiger charge is 2.45. The second-order valence-corrected chi connectivity index (χ2v) is 7.59. The number of aromatic nitrogens is 3. The lowest BCUT2D eigenvalue weighted by atomic mass is 9.94. The van der Waals surface area contributed by atoms with E-state index in [9.17, 15) is 4.79 Å². The molecule has 2 aliphatic rings. The van der Waals surface area contributed by atoms with Crippen LogP contribution in [-0.2, 0) is 13.5 Å². The average molecular weight is 374 g/mol. The lowest BCUT2D eigenvalue weighted by Crippen LogP contribution is -2.29. The first-order chi connectivity index (χ1) is 13.7. The monoisotopic (exact) mass is 374 g/mol. The summed E-state index contributed by atoms with van der Waals surface area (Å²) in [5, 5.41) is 4.81.